The van der Waals surface area contributed by atoms with Gasteiger partial charge in [-0.1, -0.05) is 12.1 Å². The predicted molar refractivity (Wildman–Crippen MR) is 111 cm³/mol. The summed E-state index contributed by atoms with van der Waals surface area (Å²) in [6.07, 6.45) is 3.54. The minimum atomic E-state index is 0.314. The first-order valence-corrected chi connectivity index (χ1v) is 11.0. The highest BCUT2D eigenvalue weighted by atomic mass is 32.1. The van der Waals surface area contributed by atoms with Crippen molar-refractivity contribution in [2.24, 2.45) is 0 Å². The van der Waals surface area contributed by atoms with Crippen molar-refractivity contribution in [1.82, 2.24) is 19.7 Å². The van der Waals surface area contributed by atoms with Crippen LogP contribution in [0, 0.1) is 0 Å². The van der Waals surface area contributed by atoms with Crippen LogP contribution in [0.15, 0.2) is 24.3 Å². The molecular formula is C21H30N4OS. The van der Waals surface area contributed by atoms with Crippen LogP contribution in [0.5, 0.6) is 0 Å². The lowest BCUT2D eigenvalue weighted by Gasteiger charge is -2.41. The Balaban J connectivity index is 1.28. The van der Waals surface area contributed by atoms with Crippen LogP contribution in [0.1, 0.15) is 38.1 Å². The summed E-state index contributed by atoms with van der Waals surface area (Å²) in [5, 5.41) is 1.19. The molecule has 1 aromatic carbocycles. The number of likely N-dealkylation sites (tertiary alicyclic amines) is 1. The third kappa shape index (κ3) is 4.33. The number of fused-ring (bicyclic) bond motifs is 1. The van der Waals surface area contributed by atoms with E-state index in [0.717, 1.165) is 51.1 Å². The molecule has 6 heteroatoms. The third-order valence-corrected chi connectivity index (χ3v) is 7.02. The molecule has 2 saturated heterocycles. The van der Waals surface area contributed by atoms with E-state index < -0.39 is 0 Å². The van der Waals surface area contributed by atoms with Gasteiger partial charge in [0.05, 0.1) is 23.3 Å². The molecule has 2 aliphatic rings. The number of benzene rings is 1. The van der Waals surface area contributed by atoms with Gasteiger partial charge in [0.1, 0.15) is 5.01 Å². The van der Waals surface area contributed by atoms with Gasteiger partial charge in [0.2, 0.25) is 5.91 Å². The average molecular weight is 387 g/mol. The van der Waals surface area contributed by atoms with E-state index in [1.807, 2.05) is 6.07 Å². The van der Waals surface area contributed by atoms with Gasteiger partial charge in [-0.15, -0.1) is 11.3 Å². The standard InChI is InChI=1S/C21H30N4OS/c1-16-6-5-7-17(2)25(16)21(26)15-24-12-10-23(11-13-24)14-20-22-18-8-3-4-9-19(18)27-20/h3-4,8-9,16-17H,5-7,10-15H2,1-2H3/t16-,17+. The first-order chi connectivity index (χ1) is 13.1. The molecule has 5 nitrogen and oxygen atoms in total. The summed E-state index contributed by atoms with van der Waals surface area (Å²) < 4.78 is 1.27. The van der Waals surface area contributed by atoms with Crippen LogP contribution in [-0.4, -0.2) is 70.4 Å². The molecule has 0 spiro atoms. The van der Waals surface area contributed by atoms with Crippen molar-refractivity contribution in [2.75, 3.05) is 32.7 Å². The summed E-state index contributed by atoms with van der Waals surface area (Å²) in [6, 6.07) is 9.13. The Kier molecular flexibility index (Phi) is 5.76. The summed E-state index contributed by atoms with van der Waals surface area (Å²) >= 11 is 1.79. The number of hydrogen-bond acceptors (Lipinski definition) is 5. The van der Waals surface area contributed by atoms with Crippen LogP contribution in [0.4, 0.5) is 0 Å². The molecule has 4 rings (SSSR count). The number of thiazole rings is 1. The number of aromatic nitrogens is 1. The number of carbonyl (C=O) groups is 1. The highest BCUT2D eigenvalue weighted by molar-refractivity contribution is 7.18. The molecule has 1 aromatic heterocycles. The molecule has 2 atom stereocenters. The van der Waals surface area contributed by atoms with E-state index in [2.05, 4.69) is 46.7 Å². The second-order valence-electron chi connectivity index (χ2n) is 8.06. The molecule has 1 amide bonds. The minimum Gasteiger partial charge on any atom is -0.336 e. The Morgan fingerprint density at radius 1 is 1.07 bits per heavy atom. The molecule has 0 aliphatic carbocycles. The fraction of sp³-hybridized carbons (Fsp3) is 0.619. The fourth-order valence-electron chi connectivity index (χ4n) is 4.47. The van der Waals surface area contributed by atoms with Gasteiger partial charge in [-0.3, -0.25) is 14.6 Å². The lowest BCUT2D eigenvalue weighted by molar-refractivity contribution is -0.139. The molecule has 0 saturated carbocycles. The number of carbonyl (C=O) groups excluding carboxylic acids is 1. The normalized spacial score (nSPS) is 25.2. The SMILES string of the molecule is C[C@@H]1CCC[C@H](C)N1C(=O)CN1CCN(Cc2nc3ccccc3s2)CC1. The number of para-hydroxylation sites is 1. The molecule has 0 radical (unpaired) electrons. The maximum Gasteiger partial charge on any atom is 0.237 e. The number of rotatable bonds is 4. The van der Waals surface area contributed by atoms with Gasteiger partial charge in [0, 0.05) is 38.3 Å². The van der Waals surface area contributed by atoms with Crippen LogP contribution < -0.4 is 0 Å². The Morgan fingerprint density at radius 2 is 1.74 bits per heavy atom. The van der Waals surface area contributed by atoms with Crippen LogP contribution in [0.3, 0.4) is 0 Å². The van der Waals surface area contributed by atoms with Gasteiger partial charge in [0.15, 0.2) is 0 Å². The smallest absolute Gasteiger partial charge is 0.237 e. The molecule has 0 unspecified atom stereocenters. The maximum absolute atomic E-state index is 12.8. The summed E-state index contributed by atoms with van der Waals surface area (Å²) in [5.74, 6) is 0.314. The van der Waals surface area contributed by atoms with Crippen LogP contribution in [0.25, 0.3) is 10.2 Å². The maximum atomic E-state index is 12.8. The zero-order chi connectivity index (χ0) is 18.8. The number of piperazine rings is 1. The second kappa shape index (κ2) is 8.25. The highest BCUT2D eigenvalue weighted by Crippen LogP contribution is 2.24. The first kappa shape index (κ1) is 18.8. The first-order valence-electron chi connectivity index (χ1n) is 10.2. The van der Waals surface area contributed by atoms with Crippen molar-refractivity contribution in [3.8, 4) is 0 Å². The Morgan fingerprint density at radius 3 is 2.44 bits per heavy atom. The van der Waals surface area contributed by atoms with Crippen molar-refractivity contribution in [3.05, 3.63) is 29.3 Å². The van der Waals surface area contributed by atoms with E-state index in [-0.39, 0.29) is 0 Å². The molecule has 2 aromatic rings. The van der Waals surface area contributed by atoms with Gasteiger partial charge in [-0.2, -0.15) is 0 Å². The number of hydrogen-bond donors (Lipinski definition) is 0. The summed E-state index contributed by atoms with van der Waals surface area (Å²) in [7, 11) is 0. The molecule has 146 valence electrons. The molecule has 0 bridgehead atoms. The summed E-state index contributed by atoms with van der Waals surface area (Å²) in [6.45, 7) is 9.83. The second-order valence-corrected chi connectivity index (χ2v) is 9.17. The lowest BCUT2D eigenvalue weighted by atomic mass is 9.97. The fourth-order valence-corrected chi connectivity index (χ4v) is 5.48. The quantitative estimate of drug-likeness (QED) is 0.809. The molecule has 2 fully saturated rings. The third-order valence-electron chi connectivity index (χ3n) is 6.00. The topological polar surface area (TPSA) is 39.7 Å². The molecule has 0 N–H and O–H groups in total. The average Bonchev–Trinajstić information content (AvgIpc) is 3.05. The van der Waals surface area contributed by atoms with E-state index in [1.165, 1.54) is 16.1 Å². The highest BCUT2D eigenvalue weighted by Gasteiger charge is 2.30. The zero-order valence-corrected chi connectivity index (χ0v) is 17.2. The predicted octanol–water partition coefficient (Wildman–Crippen LogP) is 3.20. The van der Waals surface area contributed by atoms with Gasteiger partial charge in [0.25, 0.3) is 0 Å². The van der Waals surface area contributed by atoms with Gasteiger partial charge in [-0.05, 0) is 45.2 Å². The van der Waals surface area contributed by atoms with Crippen LogP contribution in [-0.2, 0) is 11.3 Å². The van der Waals surface area contributed by atoms with E-state index in [4.69, 9.17) is 4.98 Å². The Bertz CT molecular complexity index is 740. The largest absolute Gasteiger partial charge is 0.336 e. The van der Waals surface area contributed by atoms with E-state index in [1.54, 1.807) is 11.3 Å². The number of amides is 1. The van der Waals surface area contributed by atoms with E-state index in [9.17, 15) is 4.79 Å². The van der Waals surface area contributed by atoms with Crippen molar-refractivity contribution in [3.63, 3.8) is 0 Å². The van der Waals surface area contributed by atoms with Crippen molar-refractivity contribution >= 4 is 27.5 Å². The molecular weight excluding hydrogens is 356 g/mol. The molecule has 2 aliphatic heterocycles. The monoisotopic (exact) mass is 386 g/mol. The Labute approximate surface area is 166 Å². The van der Waals surface area contributed by atoms with Gasteiger partial charge >= 0.3 is 0 Å². The van der Waals surface area contributed by atoms with Gasteiger partial charge in [-0.25, -0.2) is 4.98 Å². The zero-order valence-electron chi connectivity index (χ0n) is 16.4. The van der Waals surface area contributed by atoms with Crippen LogP contribution >= 0.6 is 11.3 Å². The van der Waals surface area contributed by atoms with Crippen LogP contribution in [0.2, 0.25) is 0 Å². The number of piperidine rings is 1. The minimum absolute atomic E-state index is 0.314. The summed E-state index contributed by atoms with van der Waals surface area (Å²) in [4.78, 5) is 24.5. The molecule has 3 heterocycles. The number of nitrogens with zero attached hydrogens (tertiary/aromatic N) is 4. The summed E-state index contributed by atoms with van der Waals surface area (Å²) in [5.41, 5.74) is 1.10. The van der Waals surface area contributed by atoms with Crippen molar-refractivity contribution in [1.29, 1.82) is 0 Å². The lowest BCUT2D eigenvalue weighted by Crippen LogP contribution is -2.54. The Hall–Kier alpha value is -1.50. The van der Waals surface area contributed by atoms with E-state index >= 15 is 0 Å². The van der Waals surface area contributed by atoms with Crippen molar-refractivity contribution < 1.29 is 4.79 Å². The van der Waals surface area contributed by atoms with Gasteiger partial charge < -0.3 is 4.90 Å². The van der Waals surface area contributed by atoms with Crippen molar-refractivity contribution in [2.45, 2.75) is 51.7 Å². The van der Waals surface area contributed by atoms with E-state index in [0.29, 0.717) is 24.5 Å². The molecule has 27 heavy (non-hydrogen) atoms.